The summed E-state index contributed by atoms with van der Waals surface area (Å²) in [6.07, 6.45) is 0. The lowest BCUT2D eigenvalue weighted by atomic mass is 10.3. The Morgan fingerprint density at radius 1 is 1.31 bits per heavy atom. The van der Waals surface area contributed by atoms with Crippen molar-refractivity contribution in [3.8, 4) is 0 Å². The van der Waals surface area contributed by atoms with Crippen LogP contribution < -0.4 is 4.72 Å². The first-order chi connectivity index (χ1) is 7.59. The van der Waals surface area contributed by atoms with E-state index in [1.165, 1.54) is 6.07 Å². The van der Waals surface area contributed by atoms with Gasteiger partial charge in [0.1, 0.15) is 4.21 Å². The first-order valence-corrected chi connectivity index (χ1v) is 7.06. The molecule has 16 heavy (non-hydrogen) atoms. The second-order valence-electron chi connectivity index (χ2n) is 2.93. The Kier molecular flexibility index (Phi) is 3.18. The van der Waals surface area contributed by atoms with Gasteiger partial charge >= 0.3 is 0 Å². The quantitative estimate of drug-likeness (QED) is 0.934. The van der Waals surface area contributed by atoms with Crippen LogP contribution in [0.15, 0.2) is 39.9 Å². The third-order valence-corrected chi connectivity index (χ3v) is 4.86. The number of sulfonamides is 1. The molecule has 0 amide bonds. The van der Waals surface area contributed by atoms with E-state index in [2.05, 4.69) is 10.8 Å². The van der Waals surface area contributed by atoms with Gasteiger partial charge in [-0.15, -0.1) is 11.3 Å². The Morgan fingerprint density at radius 3 is 2.75 bits per heavy atom. The third kappa shape index (κ3) is 2.37. The topological polar surface area (TPSA) is 46.2 Å². The van der Waals surface area contributed by atoms with Crippen LogP contribution >= 0.6 is 22.9 Å². The van der Waals surface area contributed by atoms with Crippen molar-refractivity contribution in [2.75, 3.05) is 4.72 Å². The molecule has 2 aromatic rings. The molecule has 0 fully saturated rings. The highest BCUT2D eigenvalue weighted by atomic mass is 35.5. The van der Waals surface area contributed by atoms with Crippen LogP contribution in [0.5, 0.6) is 0 Å². The molecule has 0 unspecified atom stereocenters. The SMILES string of the molecule is O=S(=O)(Nc1[c]cccc1Cl)c1cccs1. The molecule has 1 radical (unpaired) electrons. The van der Waals surface area contributed by atoms with Crippen LogP contribution in [-0.4, -0.2) is 8.42 Å². The van der Waals surface area contributed by atoms with Crippen LogP contribution in [0.25, 0.3) is 0 Å². The number of anilines is 1. The van der Waals surface area contributed by atoms with E-state index < -0.39 is 10.0 Å². The highest BCUT2D eigenvalue weighted by molar-refractivity contribution is 7.94. The highest BCUT2D eigenvalue weighted by Crippen LogP contribution is 2.24. The van der Waals surface area contributed by atoms with Crippen molar-refractivity contribution in [2.24, 2.45) is 0 Å². The molecule has 3 nitrogen and oxygen atoms in total. The zero-order chi connectivity index (χ0) is 11.6. The number of rotatable bonds is 3. The average Bonchev–Trinajstić information content (AvgIpc) is 2.75. The molecule has 1 aromatic carbocycles. The molecule has 1 heterocycles. The smallest absolute Gasteiger partial charge is 0.271 e. The summed E-state index contributed by atoms with van der Waals surface area (Å²) in [5.74, 6) is 0. The zero-order valence-corrected chi connectivity index (χ0v) is 10.4. The molecule has 0 saturated carbocycles. The number of halogens is 1. The van der Waals surface area contributed by atoms with Crippen LogP contribution in [0, 0.1) is 6.07 Å². The van der Waals surface area contributed by atoms with Gasteiger partial charge in [-0.3, -0.25) is 4.72 Å². The molecule has 83 valence electrons. The molecule has 0 aliphatic heterocycles. The van der Waals surface area contributed by atoms with E-state index in [0.717, 1.165) is 11.3 Å². The second-order valence-corrected chi connectivity index (χ2v) is 6.19. The van der Waals surface area contributed by atoms with Gasteiger partial charge in [0.25, 0.3) is 10.0 Å². The van der Waals surface area contributed by atoms with Crippen molar-refractivity contribution in [1.82, 2.24) is 0 Å². The van der Waals surface area contributed by atoms with Gasteiger partial charge in [0.2, 0.25) is 0 Å². The van der Waals surface area contributed by atoms with Gasteiger partial charge in [-0.05, 0) is 17.5 Å². The van der Waals surface area contributed by atoms with Crippen LogP contribution in [0.1, 0.15) is 0 Å². The molecule has 2 rings (SSSR count). The Labute approximate surface area is 103 Å². The monoisotopic (exact) mass is 272 g/mol. The number of nitrogens with one attached hydrogen (secondary N) is 1. The van der Waals surface area contributed by atoms with Gasteiger partial charge in [0, 0.05) is 6.07 Å². The molecule has 0 aliphatic carbocycles. The van der Waals surface area contributed by atoms with Gasteiger partial charge in [-0.25, -0.2) is 8.42 Å². The lowest BCUT2D eigenvalue weighted by molar-refractivity contribution is 0.603. The number of benzene rings is 1. The molecule has 0 spiro atoms. The van der Waals surface area contributed by atoms with E-state index in [1.807, 2.05) is 0 Å². The maximum atomic E-state index is 11.8. The summed E-state index contributed by atoms with van der Waals surface area (Å²) in [5.41, 5.74) is 0.262. The molecule has 0 aliphatic rings. The maximum Gasteiger partial charge on any atom is 0.271 e. The highest BCUT2D eigenvalue weighted by Gasteiger charge is 2.16. The lowest BCUT2D eigenvalue weighted by Crippen LogP contribution is -2.11. The fraction of sp³-hybridized carbons (Fsp3) is 0. The molecular formula is C10H7ClNO2S2. The Hall–Kier alpha value is -1.04. The van der Waals surface area contributed by atoms with Gasteiger partial charge < -0.3 is 0 Å². The number of hydrogen-bond acceptors (Lipinski definition) is 3. The van der Waals surface area contributed by atoms with Crippen LogP contribution in [0.4, 0.5) is 5.69 Å². The summed E-state index contributed by atoms with van der Waals surface area (Å²) in [5, 5.41) is 2.02. The maximum absolute atomic E-state index is 11.8. The summed E-state index contributed by atoms with van der Waals surface area (Å²) < 4.78 is 26.3. The summed E-state index contributed by atoms with van der Waals surface area (Å²) in [6, 6.07) is 10.8. The van der Waals surface area contributed by atoms with E-state index in [1.54, 1.807) is 29.6 Å². The molecule has 1 N–H and O–H groups in total. The normalized spacial score (nSPS) is 11.3. The van der Waals surface area contributed by atoms with Crippen molar-refractivity contribution in [3.63, 3.8) is 0 Å². The predicted molar refractivity (Wildman–Crippen MR) is 65.4 cm³/mol. The second kappa shape index (κ2) is 4.45. The van der Waals surface area contributed by atoms with Crippen LogP contribution in [0.3, 0.4) is 0 Å². The number of hydrogen-bond donors (Lipinski definition) is 1. The fourth-order valence-electron chi connectivity index (χ4n) is 1.10. The average molecular weight is 273 g/mol. The van der Waals surface area contributed by atoms with Crippen molar-refractivity contribution in [2.45, 2.75) is 4.21 Å². The largest absolute Gasteiger partial charge is 0.277 e. The van der Waals surface area contributed by atoms with Crippen LogP contribution in [-0.2, 0) is 10.0 Å². The summed E-state index contributed by atoms with van der Waals surface area (Å²) in [6.45, 7) is 0. The standard InChI is InChI=1S/C10H7ClNO2S2/c11-8-4-1-2-5-9(8)12-16(13,14)10-6-3-7-15-10/h1-4,6-7,12H. The van der Waals surface area contributed by atoms with Crippen molar-refractivity contribution >= 4 is 38.6 Å². The van der Waals surface area contributed by atoms with Gasteiger partial charge in [-0.1, -0.05) is 29.8 Å². The summed E-state index contributed by atoms with van der Waals surface area (Å²) >= 11 is 6.98. The van der Waals surface area contributed by atoms with Gasteiger partial charge in [0.15, 0.2) is 0 Å². The Bertz CT molecular complexity index is 579. The van der Waals surface area contributed by atoms with Gasteiger partial charge in [-0.2, -0.15) is 0 Å². The molecule has 0 saturated heterocycles. The van der Waals surface area contributed by atoms with E-state index >= 15 is 0 Å². The van der Waals surface area contributed by atoms with E-state index in [-0.39, 0.29) is 9.90 Å². The summed E-state index contributed by atoms with van der Waals surface area (Å²) in [4.78, 5) is 0. The minimum absolute atomic E-state index is 0.251. The Morgan fingerprint density at radius 2 is 2.12 bits per heavy atom. The van der Waals surface area contributed by atoms with E-state index in [9.17, 15) is 8.42 Å². The molecule has 6 heteroatoms. The molecule has 1 aromatic heterocycles. The van der Waals surface area contributed by atoms with Gasteiger partial charge in [0.05, 0.1) is 10.7 Å². The first kappa shape index (κ1) is 11.4. The Balaban J connectivity index is 2.33. The number of thiophene rings is 1. The third-order valence-electron chi connectivity index (χ3n) is 1.80. The fourth-order valence-corrected chi connectivity index (χ4v) is 3.37. The van der Waals surface area contributed by atoms with Crippen molar-refractivity contribution < 1.29 is 8.42 Å². The summed E-state index contributed by atoms with van der Waals surface area (Å²) in [7, 11) is -3.54. The minimum atomic E-state index is -3.54. The van der Waals surface area contributed by atoms with Crippen molar-refractivity contribution in [1.29, 1.82) is 0 Å². The zero-order valence-electron chi connectivity index (χ0n) is 7.98. The molecule has 0 bridgehead atoms. The van der Waals surface area contributed by atoms with Crippen molar-refractivity contribution in [3.05, 3.63) is 46.8 Å². The van der Waals surface area contributed by atoms with E-state index in [4.69, 9.17) is 11.6 Å². The lowest BCUT2D eigenvalue weighted by Gasteiger charge is -2.06. The van der Waals surface area contributed by atoms with Crippen LogP contribution in [0.2, 0.25) is 5.02 Å². The minimum Gasteiger partial charge on any atom is -0.277 e. The predicted octanol–water partition coefficient (Wildman–Crippen LogP) is 3.00. The number of para-hydroxylation sites is 1. The first-order valence-electron chi connectivity index (χ1n) is 4.32. The van der Waals surface area contributed by atoms with E-state index in [0.29, 0.717) is 5.02 Å². The molecular weight excluding hydrogens is 266 g/mol. The molecule has 0 atom stereocenters.